The molecule has 24 heavy (non-hydrogen) atoms. The van der Waals surface area contributed by atoms with Crippen LogP contribution in [0.25, 0.3) is 0 Å². The summed E-state index contributed by atoms with van der Waals surface area (Å²) in [5, 5.41) is 43.8. The van der Waals surface area contributed by atoms with Gasteiger partial charge in [-0.2, -0.15) is 0 Å². The summed E-state index contributed by atoms with van der Waals surface area (Å²) >= 11 is 0. The fourth-order valence-electron chi connectivity index (χ4n) is 2.12. The molecule has 134 valence electrons. The van der Waals surface area contributed by atoms with Crippen LogP contribution < -0.4 is 10.6 Å². The van der Waals surface area contributed by atoms with Gasteiger partial charge in [0.1, 0.15) is 18.3 Å². The van der Waals surface area contributed by atoms with E-state index < -0.39 is 36.1 Å². The lowest BCUT2D eigenvalue weighted by Gasteiger charge is -2.24. The SMILES string of the molecule is CNCc1cccc(CNC(=O)[C@H](O)[C@@H](O)[C@H](O)[C@H](O)C(C)=O)c1. The number of hydrogen-bond acceptors (Lipinski definition) is 7. The first-order chi connectivity index (χ1) is 11.3. The maximum Gasteiger partial charge on any atom is 0.251 e. The van der Waals surface area contributed by atoms with Crippen LogP contribution in [0.2, 0.25) is 0 Å². The quantitative estimate of drug-likeness (QED) is 0.307. The second kappa shape index (κ2) is 9.45. The van der Waals surface area contributed by atoms with Gasteiger partial charge < -0.3 is 31.1 Å². The van der Waals surface area contributed by atoms with Gasteiger partial charge in [0.25, 0.3) is 5.91 Å². The molecule has 8 nitrogen and oxygen atoms in total. The Kier molecular flexibility index (Phi) is 7.96. The molecule has 1 amide bonds. The first-order valence-electron chi connectivity index (χ1n) is 7.50. The van der Waals surface area contributed by atoms with Gasteiger partial charge in [-0.3, -0.25) is 9.59 Å². The minimum Gasteiger partial charge on any atom is -0.387 e. The number of carbonyl (C=O) groups excluding carboxylic acids is 2. The predicted molar refractivity (Wildman–Crippen MR) is 85.8 cm³/mol. The average Bonchev–Trinajstić information content (AvgIpc) is 2.57. The van der Waals surface area contributed by atoms with Crippen LogP contribution in [0.5, 0.6) is 0 Å². The molecule has 8 heteroatoms. The molecule has 0 spiro atoms. The number of rotatable bonds is 9. The number of carbonyl (C=O) groups is 2. The lowest BCUT2D eigenvalue weighted by molar-refractivity contribution is -0.153. The number of aliphatic hydroxyl groups is 4. The van der Waals surface area contributed by atoms with Crippen molar-refractivity contribution in [1.82, 2.24) is 10.6 Å². The minimum absolute atomic E-state index is 0.117. The normalized spacial score (nSPS) is 16.1. The zero-order valence-electron chi connectivity index (χ0n) is 13.6. The summed E-state index contributed by atoms with van der Waals surface area (Å²) in [6, 6.07) is 7.40. The average molecular weight is 340 g/mol. The molecule has 0 aliphatic rings. The first kappa shape index (κ1) is 20.2. The minimum atomic E-state index is -1.99. The lowest BCUT2D eigenvalue weighted by Crippen LogP contribution is -2.52. The van der Waals surface area contributed by atoms with E-state index in [0.717, 1.165) is 18.1 Å². The van der Waals surface area contributed by atoms with Crippen molar-refractivity contribution >= 4 is 11.7 Å². The Morgan fingerprint density at radius 1 is 1.00 bits per heavy atom. The summed E-state index contributed by atoms with van der Waals surface area (Å²) < 4.78 is 0. The van der Waals surface area contributed by atoms with Crippen molar-refractivity contribution in [2.75, 3.05) is 7.05 Å². The third-order valence-electron chi connectivity index (χ3n) is 3.52. The van der Waals surface area contributed by atoms with Crippen LogP contribution in [-0.2, 0) is 22.7 Å². The van der Waals surface area contributed by atoms with E-state index in [9.17, 15) is 30.0 Å². The molecule has 0 radical (unpaired) electrons. The number of benzene rings is 1. The highest BCUT2D eigenvalue weighted by molar-refractivity contribution is 5.83. The third kappa shape index (κ3) is 5.66. The number of Topliss-reactive ketones (excluding diaryl/α,β-unsaturated/α-hetero) is 1. The van der Waals surface area contributed by atoms with Crippen LogP contribution in [0.1, 0.15) is 18.1 Å². The van der Waals surface area contributed by atoms with Crippen molar-refractivity contribution in [1.29, 1.82) is 0 Å². The highest BCUT2D eigenvalue weighted by Gasteiger charge is 2.35. The Labute approximate surface area is 140 Å². The number of aliphatic hydroxyl groups excluding tert-OH is 4. The van der Waals surface area contributed by atoms with Gasteiger partial charge >= 0.3 is 0 Å². The first-order valence-corrected chi connectivity index (χ1v) is 7.50. The predicted octanol–water partition coefficient (Wildman–Crippen LogP) is -1.95. The molecule has 1 rings (SSSR count). The smallest absolute Gasteiger partial charge is 0.251 e. The molecule has 0 unspecified atom stereocenters. The molecule has 0 bridgehead atoms. The van der Waals surface area contributed by atoms with Crippen LogP contribution in [0.15, 0.2) is 24.3 Å². The van der Waals surface area contributed by atoms with Gasteiger partial charge in [-0.15, -0.1) is 0 Å². The number of nitrogens with one attached hydrogen (secondary N) is 2. The van der Waals surface area contributed by atoms with E-state index in [1.807, 2.05) is 25.2 Å². The summed E-state index contributed by atoms with van der Waals surface area (Å²) in [4.78, 5) is 22.8. The fourth-order valence-corrected chi connectivity index (χ4v) is 2.12. The van der Waals surface area contributed by atoms with Crippen LogP contribution in [-0.4, -0.2) is 63.6 Å². The van der Waals surface area contributed by atoms with Crippen molar-refractivity contribution in [3.63, 3.8) is 0 Å². The number of ketones is 1. The molecule has 0 fully saturated rings. The monoisotopic (exact) mass is 340 g/mol. The topological polar surface area (TPSA) is 139 Å². The van der Waals surface area contributed by atoms with E-state index >= 15 is 0 Å². The van der Waals surface area contributed by atoms with Gasteiger partial charge in [0.15, 0.2) is 11.9 Å². The lowest BCUT2D eigenvalue weighted by atomic mass is 10.00. The molecule has 0 heterocycles. The second-order valence-corrected chi connectivity index (χ2v) is 5.55. The zero-order chi connectivity index (χ0) is 18.3. The second-order valence-electron chi connectivity index (χ2n) is 5.55. The third-order valence-corrected chi connectivity index (χ3v) is 3.52. The van der Waals surface area contributed by atoms with Crippen LogP contribution in [0.3, 0.4) is 0 Å². The summed E-state index contributed by atoms with van der Waals surface area (Å²) in [6.07, 6.45) is -7.79. The highest BCUT2D eigenvalue weighted by atomic mass is 16.4. The van der Waals surface area contributed by atoms with Crippen molar-refractivity contribution in [3.05, 3.63) is 35.4 Å². The van der Waals surface area contributed by atoms with Crippen molar-refractivity contribution in [3.8, 4) is 0 Å². The molecule has 0 aliphatic carbocycles. The van der Waals surface area contributed by atoms with E-state index in [1.54, 1.807) is 6.07 Å². The van der Waals surface area contributed by atoms with E-state index in [1.165, 1.54) is 0 Å². The summed E-state index contributed by atoms with van der Waals surface area (Å²) in [6.45, 7) is 1.80. The Bertz CT molecular complexity index is 565. The Morgan fingerprint density at radius 2 is 1.54 bits per heavy atom. The Morgan fingerprint density at radius 3 is 2.08 bits per heavy atom. The van der Waals surface area contributed by atoms with Crippen molar-refractivity contribution in [2.24, 2.45) is 0 Å². The number of hydrogen-bond donors (Lipinski definition) is 6. The summed E-state index contributed by atoms with van der Waals surface area (Å²) in [5.41, 5.74) is 1.81. The maximum atomic E-state index is 11.9. The molecule has 0 saturated carbocycles. The Balaban J connectivity index is 2.60. The van der Waals surface area contributed by atoms with Crippen molar-refractivity contribution in [2.45, 2.75) is 44.4 Å². The van der Waals surface area contributed by atoms with E-state index in [0.29, 0.717) is 6.54 Å². The van der Waals surface area contributed by atoms with Gasteiger partial charge in [0, 0.05) is 13.1 Å². The van der Waals surface area contributed by atoms with Crippen molar-refractivity contribution < 1.29 is 30.0 Å². The summed E-state index contributed by atoms with van der Waals surface area (Å²) in [7, 11) is 1.81. The fraction of sp³-hybridized carbons (Fsp3) is 0.500. The molecular weight excluding hydrogens is 316 g/mol. The highest BCUT2D eigenvalue weighted by Crippen LogP contribution is 2.08. The molecule has 6 N–H and O–H groups in total. The molecule has 0 saturated heterocycles. The van der Waals surface area contributed by atoms with E-state index in [-0.39, 0.29) is 6.54 Å². The largest absolute Gasteiger partial charge is 0.387 e. The van der Waals surface area contributed by atoms with Gasteiger partial charge in [-0.05, 0) is 25.1 Å². The molecule has 4 atom stereocenters. The maximum absolute atomic E-state index is 11.9. The Hall–Kier alpha value is -1.84. The van der Waals surface area contributed by atoms with Crippen LogP contribution in [0, 0.1) is 0 Å². The standard InChI is InChI=1S/C16H24N2O6/c1-9(19)12(20)13(21)14(22)15(23)16(24)18-8-11-5-3-4-10(6-11)7-17-2/h3-6,12-15,17,20-23H,7-8H2,1-2H3,(H,18,24)/t12-,13-,14+,15-/m1/s1. The van der Waals surface area contributed by atoms with E-state index in [4.69, 9.17) is 0 Å². The molecule has 0 aliphatic heterocycles. The molecular formula is C16H24N2O6. The molecule has 1 aromatic rings. The number of amides is 1. The van der Waals surface area contributed by atoms with Gasteiger partial charge in [0.2, 0.25) is 0 Å². The summed E-state index contributed by atoms with van der Waals surface area (Å²) in [5.74, 6) is -1.70. The van der Waals surface area contributed by atoms with Gasteiger partial charge in [0.05, 0.1) is 0 Å². The molecule has 1 aromatic carbocycles. The van der Waals surface area contributed by atoms with Gasteiger partial charge in [-0.1, -0.05) is 24.3 Å². The van der Waals surface area contributed by atoms with Crippen LogP contribution >= 0.6 is 0 Å². The molecule has 0 aromatic heterocycles. The zero-order valence-corrected chi connectivity index (χ0v) is 13.6. The van der Waals surface area contributed by atoms with Gasteiger partial charge in [-0.25, -0.2) is 0 Å². The van der Waals surface area contributed by atoms with E-state index in [2.05, 4.69) is 10.6 Å². The van der Waals surface area contributed by atoms with Crippen LogP contribution in [0.4, 0.5) is 0 Å².